The molecule has 0 unspecified atom stereocenters. The summed E-state index contributed by atoms with van der Waals surface area (Å²) in [7, 11) is 0. The van der Waals surface area contributed by atoms with Crippen molar-refractivity contribution in [2.75, 3.05) is 0 Å². The average Bonchev–Trinajstić information content (AvgIpc) is 3.23. The standard InChI is InChI=1S/C22H19ClF3N3O.ClH/c1-11-18(30-20(27-11)21(2,3)4)19-28-16-10-12(13-7-5-6-8-15(13)23)9-14(17(16)29-19)22(24,25)26;/h5-10H,1-4H3,(H,28,29);1H. The van der Waals surface area contributed by atoms with Crippen molar-refractivity contribution < 1.29 is 17.6 Å². The van der Waals surface area contributed by atoms with Crippen molar-refractivity contribution in [2.45, 2.75) is 39.3 Å². The van der Waals surface area contributed by atoms with Gasteiger partial charge in [-0.25, -0.2) is 9.97 Å². The van der Waals surface area contributed by atoms with E-state index in [4.69, 9.17) is 16.0 Å². The first-order chi connectivity index (χ1) is 13.9. The van der Waals surface area contributed by atoms with Gasteiger partial charge >= 0.3 is 6.18 Å². The lowest BCUT2D eigenvalue weighted by Crippen LogP contribution is -2.11. The van der Waals surface area contributed by atoms with Gasteiger partial charge in [-0.05, 0) is 30.7 Å². The van der Waals surface area contributed by atoms with E-state index in [9.17, 15) is 13.2 Å². The van der Waals surface area contributed by atoms with E-state index in [0.717, 1.165) is 6.07 Å². The maximum atomic E-state index is 13.8. The van der Waals surface area contributed by atoms with Gasteiger partial charge in [-0.1, -0.05) is 50.6 Å². The first kappa shape index (κ1) is 23.2. The normalized spacial score (nSPS) is 12.3. The molecule has 0 saturated heterocycles. The maximum Gasteiger partial charge on any atom is 0.418 e. The molecule has 0 atom stereocenters. The van der Waals surface area contributed by atoms with E-state index in [2.05, 4.69) is 15.0 Å². The Morgan fingerprint density at radius 2 is 1.71 bits per heavy atom. The molecule has 164 valence electrons. The van der Waals surface area contributed by atoms with Crippen molar-refractivity contribution in [3.63, 3.8) is 0 Å². The smallest absolute Gasteiger partial charge is 0.418 e. The Morgan fingerprint density at radius 3 is 2.29 bits per heavy atom. The van der Waals surface area contributed by atoms with E-state index < -0.39 is 11.7 Å². The maximum absolute atomic E-state index is 13.8. The van der Waals surface area contributed by atoms with Crippen LogP contribution in [0.5, 0.6) is 0 Å². The van der Waals surface area contributed by atoms with Crippen LogP contribution in [0.3, 0.4) is 0 Å². The van der Waals surface area contributed by atoms with Gasteiger partial charge in [0, 0.05) is 16.0 Å². The minimum absolute atomic E-state index is 0. The summed E-state index contributed by atoms with van der Waals surface area (Å²) in [6, 6.07) is 9.45. The molecule has 0 amide bonds. The zero-order valence-electron chi connectivity index (χ0n) is 17.2. The molecule has 2 aromatic carbocycles. The Kier molecular flexibility index (Phi) is 5.88. The highest BCUT2D eigenvalue weighted by Crippen LogP contribution is 2.40. The van der Waals surface area contributed by atoms with E-state index in [1.807, 2.05) is 20.8 Å². The summed E-state index contributed by atoms with van der Waals surface area (Å²) in [5, 5.41) is 0.366. The second kappa shape index (κ2) is 7.88. The van der Waals surface area contributed by atoms with E-state index in [1.165, 1.54) is 0 Å². The molecule has 0 saturated carbocycles. The number of alkyl halides is 3. The van der Waals surface area contributed by atoms with Crippen LogP contribution in [0.15, 0.2) is 40.8 Å². The lowest BCUT2D eigenvalue weighted by atomic mass is 9.97. The van der Waals surface area contributed by atoms with E-state index in [1.54, 1.807) is 37.3 Å². The molecule has 0 aliphatic rings. The van der Waals surface area contributed by atoms with Gasteiger partial charge < -0.3 is 9.40 Å². The van der Waals surface area contributed by atoms with Crippen LogP contribution in [0.2, 0.25) is 5.02 Å². The number of aryl methyl sites for hydroxylation is 1. The van der Waals surface area contributed by atoms with Gasteiger partial charge in [0.25, 0.3) is 0 Å². The van der Waals surface area contributed by atoms with Gasteiger partial charge in [-0.2, -0.15) is 13.2 Å². The van der Waals surface area contributed by atoms with Crippen molar-refractivity contribution in [3.05, 3.63) is 58.6 Å². The minimum atomic E-state index is -4.59. The molecular weight excluding hydrogens is 450 g/mol. The first-order valence-electron chi connectivity index (χ1n) is 9.29. The first-order valence-corrected chi connectivity index (χ1v) is 9.67. The molecule has 0 bridgehead atoms. The van der Waals surface area contributed by atoms with E-state index in [-0.39, 0.29) is 34.7 Å². The number of halogens is 5. The highest BCUT2D eigenvalue weighted by atomic mass is 35.5. The zero-order chi connectivity index (χ0) is 21.8. The van der Waals surface area contributed by atoms with Gasteiger partial charge in [-0.15, -0.1) is 12.4 Å². The summed E-state index contributed by atoms with van der Waals surface area (Å²) in [6.07, 6.45) is -4.59. The molecule has 0 radical (unpaired) electrons. The molecule has 2 heterocycles. The molecule has 31 heavy (non-hydrogen) atoms. The van der Waals surface area contributed by atoms with Crippen LogP contribution in [0, 0.1) is 6.92 Å². The fourth-order valence-corrected chi connectivity index (χ4v) is 3.47. The molecule has 4 aromatic rings. The van der Waals surface area contributed by atoms with Crippen molar-refractivity contribution in [1.29, 1.82) is 0 Å². The van der Waals surface area contributed by atoms with Gasteiger partial charge in [-0.3, -0.25) is 0 Å². The number of nitrogens with one attached hydrogen (secondary N) is 1. The molecule has 0 fully saturated rings. The van der Waals surface area contributed by atoms with E-state index in [0.29, 0.717) is 33.5 Å². The Hall–Kier alpha value is -2.51. The third kappa shape index (κ3) is 4.29. The van der Waals surface area contributed by atoms with Gasteiger partial charge in [0.15, 0.2) is 11.6 Å². The van der Waals surface area contributed by atoms with Gasteiger partial charge in [0.2, 0.25) is 5.89 Å². The fraction of sp³-hybridized carbons (Fsp3) is 0.273. The fourth-order valence-electron chi connectivity index (χ4n) is 3.23. The third-order valence-electron chi connectivity index (χ3n) is 4.73. The summed E-state index contributed by atoms with van der Waals surface area (Å²) >= 11 is 6.21. The summed E-state index contributed by atoms with van der Waals surface area (Å²) in [5.74, 6) is 1.01. The Morgan fingerprint density at radius 1 is 1.03 bits per heavy atom. The number of fused-ring (bicyclic) bond motifs is 1. The molecule has 0 aliphatic heterocycles. The molecule has 9 heteroatoms. The second-order valence-corrected chi connectivity index (χ2v) is 8.57. The number of H-pyrrole nitrogens is 1. The number of rotatable bonds is 2. The van der Waals surface area contributed by atoms with Crippen LogP contribution in [0.25, 0.3) is 33.7 Å². The van der Waals surface area contributed by atoms with Crippen molar-refractivity contribution in [3.8, 4) is 22.7 Å². The number of nitrogens with zero attached hydrogens (tertiary/aromatic N) is 2. The van der Waals surface area contributed by atoms with Crippen LogP contribution in [-0.4, -0.2) is 15.0 Å². The zero-order valence-corrected chi connectivity index (χ0v) is 18.8. The lowest BCUT2D eigenvalue weighted by Gasteiger charge is -2.11. The Bertz CT molecular complexity index is 1250. The molecule has 1 N–H and O–H groups in total. The number of hydrogen-bond donors (Lipinski definition) is 1. The summed E-state index contributed by atoms with van der Waals surface area (Å²) in [5.41, 5.74) is 0.284. The Balaban J connectivity index is 0.00000272. The van der Waals surface area contributed by atoms with Gasteiger partial charge in [0.1, 0.15) is 5.52 Å². The number of benzene rings is 2. The summed E-state index contributed by atoms with van der Waals surface area (Å²) in [4.78, 5) is 11.6. The largest absolute Gasteiger partial charge is 0.437 e. The second-order valence-electron chi connectivity index (χ2n) is 8.17. The third-order valence-corrected chi connectivity index (χ3v) is 5.06. The number of aromatic amines is 1. The Labute approximate surface area is 188 Å². The van der Waals surface area contributed by atoms with Crippen LogP contribution >= 0.6 is 24.0 Å². The SMILES string of the molecule is Cc1nc(C(C)(C)C)oc1-c1nc2c(C(F)(F)F)cc(-c3ccccc3Cl)cc2[nH]1.Cl. The van der Waals surface area contributed by atoms with Crippen LogP contribution in [-0.2, 0) is 11.6 Å². The lowest BCUT2D eigenvalue weighted by molar-refractivity contribution is -0.136. The topological polar surface area (TPSA) is 54.7 Å². The number of imidazole rings is 1. The number of aromatic nitrogens is 3. The van der Waals surface area contributed by atoms with Crippen molar-refractivity contribution >= 4 is 35.0 Å². The van der Waals surface area contributed by atoms with Crippen molar-refractivity contribution in [1.82, 2.24) is 15.0 Å². The number of hydrogen-bond acceptors (Lipinski definition) is 3. The minimum Gasteiger partial charge on any atom is -0.437 e. The molecule has 4 rings (SSSR count). The summed E-state index contributed by atoms with van der Waals surface area (Å²) in [6.45, 7) is 7.57. The average molecular weight is 470 g/mol. The highest BCUT2D eigenvalue weighted by Gasteiger charge is 2.35. The molecule has 0 spiro atoms. The van der Waals surface area contributed by atoms with Crippen LogP contribution < -0.4 is 0 Å². The molecule has 0 aliphatic carbocycles. The number of oxazole rings is 1. The summed E-state index contributed by atoms with van der Waals surface area (Å²) < 4.78 is 47.4. The van der Waals surface area contributed by atoms with Crippen LogP contribution in [0.4, 0.5) is 13.2 Å². The predicted octanol–water partition coefficient (Wildman–Crippen LogP) is 7.58. The van der Waals surface area contributed by atoms with Gasteiger partial charge in [0.05, 0.1) is 16.8 Å². The molecule has 4 nitrogen and oxygen atoms in total. The highest BCUT2D eigenvalue weighted by molar-refractivity contribution is 6.33. The van der Waals surface area contributed by atoms with Crippen LogP contribution in [0.1, 0.15) is 37.9 Å². The van der Waals surface area contributed by atoms with Crippen molar-refractivity contribution in [2.24, 2.45) is 0 Å². The predicted molar refractivity (Wildman–Crippen MR) is 118 cm³/mol. The monoisotopic (exact) mass is 469 g/mol. The molecule has 2 aromatic heterocycles. The quantitative estimate of drug-likeness (QED) is 0.329. The molecular formula is C22H20Cl2F3N3O. The van der Waals surface area contributed by atoms with E-state index >= 15 is 0 Å².